The first-order valence-electron chi connectivity index (χ1n) is 6.37. The Labute approximate surface area is 103 Å². The van der Waals surface area contributed by atoms with Gasteiger partial charge in [-0.15, -0.1) is 0 Å². The molecule has 1 rings (SSSR count). The van der Waals surface area contributed by atoms with Gasteiger partial charge in [0.05, 0.1) is 26.2 Å². The predicted octanol–water partition coefficient (Wildman–Crippen LogP) is 0.379. The van der Waals surface area contributed by atoms with Crippen molar-refractivity contribution >= 4 is 5.97 Å². The Bertz CT molecular complexity index is 224. The van der Waals surface area contributed by atoms with Gasteiger partial charge in [-0.1, -0.05) is 6.42 Å². The molecule has 5 nitrogen and oxygen atoms in total. The Morgan fingerprint density at radius 1 is 1.47 bits per heavy atom. The lowest BCUT2D eigenvalue weighted by Gasteiger charge is -2.32. The van der Waals surface area contributed by atoms with Gasteiger partial charge in [-0.05, 0) is 25.9 Å². The molecule has 0 bridgehead atoms. The van der Waals surface area contributed by atoms with Crippen LogP contribution in [-0.2, 0) is 14.3 Å². The summed E-state index contributed by atoms with van der Waals surface area (Å²) in [6.45, 7) is 4.34. The minimum atomic E-state index is -0.194. The third-order valence-corrected chi connectivity index (χ3v) is 3.02. The maximum absolute atomic E-state index is 11.2. The first-order valence-corrected chi connectivity index (χ1v) is 6.37. The van der Waals surface area contributed by atoms with E-state index in [1.54, 1.807) is 0 Å². The number of carbonyl (C=O) groups excluding carboxylic acids is 1. The maximum Gasteiger partial charge on any atom is 0.308 e. The molecule has 5 heteroatoms. The van der Waals surface area contributed by atoms with Crippen LogP contribution in [0, 0.1) is 0 Å². The van der Waals surface area contributed by atoms with Crippen LogP contribution in [0.3, 0.4) is 0 Å². The van der Waals surface area contributed by atoms with Crippen molar-refractivity contribution in [2.45, 2.75) is 31.8 Å². The number of nitrogens with zero attached hydrogens (tertiary/aromatic N) is 1. The molecule has 1 saturated heterocycles. The second-order valence-electron chi connectivity index (χ2n) is 4.42. The van der Waals surface area contributed by atoms with Crippen LogP contribution in [0.1, 0.15) is 25.7 Å². The Morgan fingerprint density at radius 3 is 3.00 bits per heavy atom. The fourth-order valence-corrected chi connectivity index (χ4v) is 2.03. The summed E-state index contributed by atoms with van der Waals surface area (Å²) in [5, 5.41) is 0. The Hall–Kier alpha value is -0.650. The van der Waals surface area contributed by atoms with Gasteiger partial charge < -0.3 is 15.2 Å². The predicted molar refractivity (Wildman–Crippen MR) is 65.7 cm³/mol. The zero-order valence-corrected chi connectivity index (χ0v) is 10.7. The summed E-state index contributed by atoms with van der Waals surface area (Å²) in [6, 6.07) is 0. The van der Waals surface area contributed by atoms with Crippen molar-refractivity contribution in [1.82, 2.24) is 4.90 Å². The fourth-order valence-electron chi connectivity index (χ4n) is 2.03. The van der Waals surface area contributed by atoms with Crippen LogP contribution in [0.5, 0.6) is 0 Å². The third kappa shape index (κ3) is 6.00. The number of rotatable bonds is 7. The van der Waals surface area contributed by atoms with Crippen LogP contribution in [0.25, 0.3) is 0 Å². The monoisotopic (exact) mass is 244 g/mol. The van der Waals surface area contributed by atoms with Gasteiger partial charge in [0, 0.05) is 13.1 Å². The van der Waals surface area contributed by atoms with E-state index in [2.05, 4.69) is 9.64 Å². The molecule has 0 amide bonds. The minimum Gasteiger partial charge on any atom is -0.469 e. The molecule has 1 heterocycles. The lowest BCUT2D eigenvalue weighted by molar-refractivity contribution is -0.145. The van der Waals surface area contributed by atoms with Crippen molar-refractivity contribution in [2.24, 2.45) is 5.73 Å². The minimum absolute atomic E-state index is 0.00860. The number of methoxy groups -OCH3 is 1. The van der Waals surface area contributed by atoms with Crippen LogP contribution < -0.4 is 5.73 Å². The largest absolute Gasteiger partial charge is 0.469 e. The summed E-state index contributed by atoms with van der Waals surface area (Å²) in [6.07, 6.45) is 3.79. The van der Waals surface area contributed by atoms with E-state index in [0.29, 0.717) is 13.0 Å². The summed E-state index contributed by atoms with van der Waals surface area (Å²) < 4.78 is 10.2. The molecule has 0 spiro atoms. The Balaban J connectivity index is 2.17. The summed E-state index contributed by atoms with van der Waals surface area (Å²) >= 11 is 0. The summed E-state index contributed by atoms with van der Waals surface area (Å²) in [5.74, 6) is -0.194. The number of nitrogens with two attached hydrogens (primary N) is 1. The van der Waals surface area contributed by atoms with Crippen LogP contribution in [-0.4, -0.2) is 56.9 Å². The average molecular weight is 244 g/mol. The number of carbonyl (C=O) groups is 1. The van der Waals surface area contributed by atoms with Gasteiger partial charge in [-0.2, -0.15) is 0 Å². The molecule has 1 atom stereocenters. The molecule has 1 aliphatic rings. The molecule has 0 saturated carbocycles. The standard InChI is InChI=1S/C12H24N2O3/c1-16-12(15)9-11-10-14(7-8-17-11)6-4-2-3-5-13/h11H,2-10,13H2,1H3. The van der Waals surface area contributed by atoms with Crippen molar-refractivity contribution in [3.05, 3.63) is 0 Å². The van der Waals surface area contributed by atoms with E-state index in [4.69, 9.17) is 10.5 Å². The van der Waals surface area contributed by atoms with E-state index < -0.39 is 0 Å². The van der Waals surface area contributed by atoms with E-state index in [1.165, 1.54) is 20.0 Å². The maximum atomic E-state index is 11.2. The lowest BCUT2D eigenvalue weighted by Crippen LogP contribution is -2.43. The molecule has 1 unspecified atom stereocenters. The number of esters is 1. The van der Waals surface area contributed by atoms with Gasteiger partial charge >= 0.3 is 5.97 Å². The first-order chi connectivity index (χ1) is 8.26. The van der Waals surface area contributed by atoms with Gasteiger partial charge in [0.15, 0.2) is 0 Å². The first kappa shape index (κ1) is 14.4. The highest BCUT2D eigenvalue weighted by molar-refractivity contribution is 5.69. The van der Waals surface area contributed by atoms with Gasteiger partial charge in [0.1, 0.15) is 0 Å². The normalized spacial score (nSPS) is 21.4. The number of morpholine rings is 1. The van der Waals surface area contributed by atoms with Crippen LogP contribution in [0.15, 0.2) is 0 Å². The molecule has 100 valence electrons. The average Bonchev–Trinajstić information content (AvgIpc) is 2.35. The van der Waals surface area contributed by atoms with E-state index in [0.717, 1.165) is 32.6 Å². The topological polar surface area (TPSA) is 64.8 Å². The van der Waals surface area contributed by atoms with Crippen LogP contribution >= 0.6 is 0 Å². The molecule has 1 aliphatic heterocycles. The molecule has 0 radical (unpaired) electrons. The second kappa shape index (κ2) is 8.44. The van der Waals surface area contributed by atoms with Crippen molar-refractivity contribution in [3.63, 3.8) is 0 Å². The molecule has 1 fully saturated rings. The van der Waals surface area contributed by atoms with E-state index >= 15 is 0 Å². The highest BCUT2D eigenvalue weighted by Gasteiger charge is 2.22. The van der Waals surface area contributed by atoms with Crippen molar-refractivity contribution in [1.29, 1.82) is 0 Å². The Kier molecular flexibility index (Phi) is 7.16. The van der Waals surface area contributed by atoms with Gasteiger partial charge in [0.25, 0.3) is 0 Å². The van der Waals surface area contributed by atoms with Crippen molar-refractivity contribution < 1.29 is 14.3 Å². The van der Waals surface area contributed by atoms with Crippen molar-refractivity contribution in [2.75, 3.05) is 39.9 Å². The van der Waals surface area contributed by atoms with Crippen LogP contribution in [0.2, 0.25) is 0 Å². The van der Waals surface area contributed by atoms with Gasteiger partial charge in [0.2, 0.25) is 0 Å². The molecule has 0 aromatic rings. The van der Waals surface area contributed by atoms with E-state index in [9.17, 15) is 4.79 Å². The quantitative estimate of drug-likeness (QED) is 0.518. The van der Waals surface area contributed by atoms with Gasteiger partial charge in [-0.25, -0.2) is 0 Å². The summed E-state index contributed by atoms with van der Waals surface area (Å²) in [4.78, 5) is 13.5. The number of unbranched alkanes of at least 4 members (excludes halogenated alkanes) is 2. The van der Waals surface area contributed by atoms with Gasteiger partial charge in [-0.3, -0.25) is 9.69 Å². The highest BCUT2D eigenvalue weighted by atomic mass is 16.5. The van der Waals surface area contributed by atoms with E-state index in [-0.39, 0.29) is 12.1 Å². The molecular weight excluding hydrogens is 220 g/mol. The summed E-state index contributed by atoms with van der Waals surface area (Å²) in [7, 11) is 1.41. The van der Waals surface area contributed by atoms with Crippen LogP contribution in [0.4, 0.5) is 0 Å². The lowest BCUT2D eigenvalue weighted by atomic mass is 10.2. The zero-order valence-electron chi connectivity index (χ0n) is 10.7. The number of ether oxygens (including phenoxy) is 2. The molecular formula is C12H24N2O3. The Morgan fingerprint density at radius 2 is 2.29 bits per heavy atom. The molecule has 0 aromatic heterocycles. The summed E-state index contributed by atoms with van der Waals surface area (Å²) in [5.41, 5.74) is 5.45. The third-order valence-electron chi connectivity index (χ3n) is 3.02. The van der Waals surface area contributed by atoms with E-state index in [1.807, 2.05) is 0 Å². The smallest absolute Gasteiger partial charge is 0.308 e. The molecule has 17 heavy (non-hydrogen) atoms. The molecule has 2 N–H and O–H groups in total. The number of hydrogen-bond donors (Lipinski definition) is 1. The van der Waals surface area contributed by atoms with Crippen molar-refractivity contribution in [3.8, 4) is 0 Å². The number of hydrogen-bond acceptors (Lipinski definition) is 5. The molecule has 0 aliphatic carbocycles. The molecule has 0 aromatic carbocycles. The highest BCUT2D eigenvalue weighted by Crippen LogP contribution is 2.10. The fraction of sp³-hybridized carbons (Fsp3) is 0.917. The zero-order chi connectivity index (χ0) is 12.5. The SMILES string of the molecule is COC(=O)CC1CN(CCCCCN)CCO1. The second-order valence-corrected chi connectivity index (χ2v) is 4.42.